The van der Waals surface area contributed by atoms with Gasteiger partial charge in [0.15, 0.2) is 0 Å². The van der Waals surface area contributed by atoms with Crippen LogP contribution >= 0.6 is 0 Å². The van der Waals surface area contributed by atoms with Crippen LogP contribution in [0.2, 0.25) is 0 Å². The van der Waals surface area contributed by atoms with E-state index >= 15 is 0 Å². The number of nitrogens with zero attached hydrogens (tertiary/aromatic N) is 2. The molecule has 1 fully saturated rings. The maximum atomic E-state index is 12.0. The average Bonchev–Trinajstić information content (AvgIpc) is 2.75. The number of ether oxygens (including phenoxy) is 1. The van der Waals surface area contributed by atoms with Gasteiger partial charge in [-0.2, -0.15) is 0 Å². The average molecular weight is 392 g/mol. The number of methoxy groups -OCH3 is 1. The maximum Gasteiger partial charge on any atom is 0.336 e. The van der Waals surface area contributed by atoms with Gasteiger partial charge in [-0.05, 0) is 42.6 Å². The summed E-state index contributed by atoms with van der Waals surface area (Å²) in [6, 6.07) is 18.0. The van der Waals surface area contributed by atoms with Gasteiger partial charge < -0.3 is 14.1 Å². The Kier molecular flexibility index (Phi) is 6.27. The minimum Gasteiger partial charge on any atom is -0.497 e. The molecule has 0 aliphatic carbocycles. The van der Waals surface area contributed by atoms with Crippen LogP contribution < -0.4 is 10.4 Å². The third-order valence-corrected chi connectivity index (χ3v) is 5.68. The van der Waals surface area contributed by atoms with Crippen LogP contribution in [-0.4, -0.2) is 49.6 Å². The molecule has 1 aliphatic rings. The van der Waals surface area contributed by atoms with Crippen molar-refractivity contribution in [2.75, 3.05) is 39.8 Å². The number of fused-ring (bicyclic) bond motifs is 1. The zero-order chi connectivity index (χ0) is 20.1. The number of hydrogen-bond acceptors (Lipinski definition) is 5. The van der Waals surface area contributed by atoms with Gasteiger partial charge in [-0.1, -0.05) is 30.3 Å². The van der Waals surface area contributed by atoms with Crippen LogP contribution in [-0.2, 0) is 13.0 Å². The number of benzene rings is 2. The highest BCUT2D eigenvalue weighted by Gasteiger charge is 2.18. The predicted octanol–water partition coefficient (Wildman–Crippen LogP) is 3.55. The molecule has 1 saturated heterocycles. The Bertz CT molecular complexity index is 992. The molecule has 0 unspecified atom stereocenters. The van der Waals surface area contributed by atoms with Crippen molar-refractivity contribution in [2.45, 2.75) is 19.4 Å². The largest absolute Gasteiger partial charge is 0.497 e. The SMILES string of the molecule is COc1ccc2c(CN3CCN(CCCc4ccccc4)CC3)cc(=O)oc2c1. The van der Waals surface area contributed by atoms with E-state index in [4.69, 9.17) is 9.15 Å². The number of hydrogen-bond donors (Lipinski definition) is 0. The quantitative estimate of drug-likeness (QED) is 0.576. The van der Waals surface area contributed by atoms with E-state index in [1.807, 2.05) is 12.1 Å². The van der Waals surface area contributed by atoms with Gasteiger partial charge in [0, 0.05) is 50.2 Å². The molecule has 1 aliphatic heterocycles. The lowest BCUT2D eigenvalue weighted by atomic mass is 10.1. The second kappa shape index (κ2) is 9.25. The fourth-order valence-corrected chi connectivity index (χ4v) is 4.03. The molecular weight excluding hydrogens is 364 g/mol. The Morgan fingerprint density at radius 2 is 1.72 bits per heavy atom. The molecule has 0 radical (unpaired) electrons. The van der Waals surface area contributed by atoms with Crippen molar-refractivity contribution >= 4 is 11.0 Å². The monoisotopic (exact) mass is 392 g/mol. The molecule has 4 rings (SSSR count). The zero-order valence-corrected chi connectivity index (χ0v) is 17.0. The third kappa shape index (κ3) is 5.05. The normalized spacial score (nSPS) is 15.6. The summed E-state index contributed by atoms with van der Waals surface area (Å²) >= 11 is 0. The first kappa shape index (κ1) is 19.7. The second-order valence-corrected chi connectivity index (χ2v) is 7.66. The van der Waals surface area contributed by atoms with Crippen molar-refractivity contribution in [3.05, 3.63) is 76.1 Å². The van der Waals surface area contributed by atoms with Gasteiger partial charge in [0.25, 0.3) is 0 Å². The lowest BCUT2D eigenvalue weighted by Crippen LogP contribution is -2.46. The van der Waals surface area contributed by atoms with Crippen LogP contribution in [0.25, 0.3) is 11.0 Å². The lowest BCUT2D eigenvalue weighted by molar-refractivity contribution is 0.126. The van der Waals surface area contributed by atoms with Crippen LogP contribution in [0.15, 0.2) is 63.8 Å². The Hall–Kier alpha value is -2.63. The van der Waals surface area contributed by atoms with Gasteiger partial charge in [0.2, 0.25) is 0 Å². The van der Waals surface area contributed by atoms with Crippen LogP contribution in [0.1, 0.15) is 17.5 Å². The van der Waals surface area contributed by atoms with E-state index in [0.717, 1.165) is 56.6 Å². The summed E-state index contributed by atoms with van der Waals surface area (Å²) in [6.45, 7) is 6.09. The molecule has 3 aromatic rings. The van der Waals surface area contributed by atoms with Crippen molar-refractivity contribution in [2.24, 2.45) is 0 Å². The Morgan fingerprint density at radius 3 is 2.48 bits per heavy atom. The van der Waals surface area contributed by atoms with Crippen molar-refractivity contribution < 1.29 is 9.15 Å². The molecule has 5 heteroatoms. The van der Waals surface area contributed by atoms with Gasteiger partial charge in [0.1, 0.15) is 11.3 Å². The topological polar surface area (TPSA) is 45.9 Å². The molecule has 0 saturated carbocycles. The van der Waals surface area contributed by atoms with E-state index in [0.29, 0.717) is 11.3 Å². The maximum absolute atomic E-state index is 12.0. The molecule has 0 atom stereocenters. The fraction of sp³-hybridized carbons (Fsp3) is 0.375. The highest BCUT2D eigenvalue weighted by Crippen LogP contribution is 2.23. The molecular formula is C24H28N2O3. The Labute approximate surface area is 171 Å². The third-order valence-electron chi connectivity index (χ3n) is 5.68. The highest BCUT2D eigenvalue weighted by molar-refractivity contribution is 5.81. The Balaban J connectivity index is 1.32. The van der Waals surface area contributed by atoms with E-state index < -0.39 is 0 Å². The number of rotatable bonds is 7. The molecule has 0 bridgehead atoms. The summed E-state index contributed by atoms with van der Waals surface area (Å²) in [6.07, 6.45) is 2.33. The van der Waals surface area contributed by atoms with Crippen molar-refractivity contribution in [3.63, 3.8) is 0 Å². The van der Waals surface area contributed by atoms with Crippen molar-refractivity contribution in [3.8, 4) is 5.75 Å². The van der Waals surface area contributed by atoms with Gasteiger partial charge in [-0.3, -0.25) is 4.90 Å². The first-order valence-electron chi connectivity index (χ1n) is 10.3. The number of piperazine rings is 1. The van der Waals surface area contributed by atoms with E-state index in [-0.39, 0.29) is 5.63 Å². The molecule has 2 aromatic carbocycles. The van der Waals surface area contributed by atoms with Gasteiger partial charge >= 0.3 is 5.63 Å². The summed E-state index contributed by atoms with van der Waals surface area (Å²) in [5, 5.41) is 0.982. The molecule has 0 amide bonds. The second-order valence-electron chi connectivity index (χ2n) is 7.66. The van der Waals surface area contributed by atoms with Crippen molar-refractivity contribution in [1.82, 2.24) is 9.80 Å². The Morgan fingerprint density at radius 1 is 0.966 bits per heavy atom. The molecule has 1 aromatic heterocycles. The van der Waals surface area contributed by atoms with Crippen LogP contribution in [0, 0.1) is 0 Å². The summed E-state index contributed by atoms with van der Waals surface area (Å²) < 4.78 is 10.6. The summed E-state index contributed by atoms with van der Waals surface area (Å²) in [4.78, 5) is 17.0. The molecule has 29 heavy (non-hydrogen) atoms. The molecule has 2 heterocycles. The predicted molar refractivity (Wildman–Crippen MR) is 116 cm³/mol. The molecule has 5 nitrogen and oxygen atoms in total. The van der Waals surface area contributed by atoms with Gasteiger partial charge in [-0.15, -0.1) is 0 Å². The molecule has 0 spiro atoms. The van der Waals surface area contributed by atoms with E-state index in [1.165, 1.54) is 12.0 Å². The van der Waals surface area contributed by atoms with Crippen LogP contribution in [0.3, 0.4) is 0 Å². The van der Waals surface area contributed by atoms with Crippen LogP contribution in [0.5, 0.6) is 5.75 Å². The first-order valence-corrected chi connectivity index (χ1v) is 10.3. The van der Waals surface area contributed by atoms with E-state index in [9.17, 15) is 4.79 Å². The van der Waals surface area contributed by atoms with Gasteiger partial charge in [0.05, 0.1) is 7.11 Å². The summed E-state index contributed by atoms with van der Waals surface area (Å²) in [7, 11) is 1.61. The van der Waals surface area contributed by atoms with E-state index in [2.05, 4.69) is 40.1 Å². The molecule has 0 N–H and O–H groups in total. The fourth-order valence-electron chi connectivity index (χ4n) is 4.03. The standard InChI is InChI=1S/C24H28N2O3/c1-28-21-9-10-22-20(16-24(27)29-23(22)17-21)18-26-14-12-25(13-15-26)11-5-8-19-6-3-2-4-7-19/h2-4,6-7,9-10,16-17H,5,8,11-15,18H2,1H3. The zero-order valence-electron chi connectivity index (χ0n) is 17.0. The van der Waals surface area contributed by atoms with Crippen LogP contribution in [0.4, 0.5) is 0 Å². The molecule has 152 valence electrons. The van der Waals surface area contributed by atoms with E-state index in [1.54, 1.807) is 19.2 Å². The summed E-state index contributed by atoms with van der Waals surface area (Å²) in [5.41, 5.74) is 2.72. The smallest absolute Gasteiger partial charge is 0.336 e. The first-order chi connectivity index (χ1) is 14.2. The number of aryl methyl sites for hydroxylation is 1. The lowest BCUT2D eigenvalue weighted by Gasteiger charge is -2.34. The highest BCUT2D eigenvalue weighted by atomic mass is 16.5. The minimum absolute atomic E-state index is 0.305. The minimum atomic E-state index is -0.305. The van der Waals surface area contributed by atoms with Crippen molar-refractivity contribution in [1.29, 1.82) is 0 Å². The van der Waals surface area contributed by atoms with Gasteiger partial charge in [-0.25, -0.2) is 4.79 Å². The summed E-state index contributed by atoms with van der Waals surface area (Å²) in [5.74, 6) is 0.696.